The van der Waals surface area contributed by atoms with Crippen LogP contribution in [0.3, 0.4) is 0 Å². The number of aryl methyl sites for hydroxylation is 1. The van der Waals surface area contributed by atoms with Crippen molar-refractivity contribution in [3.05, 3.63) is 65.9 Å². The van der Waals surface area contributed by atoms with E-state index in [1.807, 2.05) is 34.9 Å². The molecule has 0 N–H and O–H groups in total. The summed E-state index contributed by atoms with van der Waals surface area (Å²) in [5, 5.41) is 1.06. The molecule has 4 rings (SSSR count). The molecule has 0 atom stereocenters. The molecule has 4 heteroatoms. The van der Waals surface area contributed by atoms with Crippen molar-refractivity contribution in [1.82, 2.24) is 9.38 Å². The van der Waals surface area contributed by atoms with Crippen LogP contribution in [0.1, 0.15) is 22.8 Å². The fraction of sp³-hybridized carbons (Fsp3) is 0.143. The molecule has 124 valence electrons. The van der Waals surface area contributed by atoms with E-state index in [1.54, 1.807) is 13.2 Å². The van der Waals surface area contributed by atoms with Gasteiger partial charge >= 0.3 is 0 Å². The van der Waals surface area contributed by atoms with Gasteiger partial charge in [-0.15, -0.1) is 0 Å². The Balaban J connectivity index is 2.02. The minimum Gasteiger partial charge on any atom is -0.496 e. The van der Waals surface area contributed by atoms with Crippen LogP contribution in [-0.2, 0) is 6.42 Å². The number of carbonyl (C=O) groups excluding carboxylic acids is 1. The quantitative estimate of drug-likeness (QED) is 0.516. The number of hydrogen-bond acceptors (Lipinski definition) is 3. The fourth-order valence-corrected chi connectivity index (χ4v) is 3.23. The number of methoxy groups -OCH3 is 1. The second kappa shape index (κ2) is 6.06. The zero-order valence-corrected chi connectivity index (χ0v) is 14.2. The van der Waals surface area contributed by atoms with Crippen molar-refractivity contribution in [2.24, 2.45) is 0 Å². The van der Waals surface area contributed by atoms with Crippen molar-refractivity contribution >= 4 is 22.8 Å². The molecule has 2 aromatic heterocycles. The number of pyridine rings is 1. The number of carbonyl (C=O) groups is 1. The highest BCUT2D eigenvalue weighted by Crippen LogP contribution is 2.31. The summed E-state index contributed by atoms with van der Waals surface area (Å²) in [5.41, 5.74) is 5.33. The molecule has 0 bridgehead atoms. The van der Waals surface area contributed by atoms with E-state index in [-0.39, 0.29) is 0 Å². The average molecular weight is 330 g/mol. The molecule has 0 saturated heterocycles. The lowest BCUT2D eigenvalue weighted by atomic mass is 10.1. The molecule has 0 unspecified atom stereocenters. The third kappa shape index (κ3) is 2.47. The summed E-state index contributed by atoms with van der Waals surface area (Å²) in [5.74, 6) is 0.804. The van der Waals surface area contributed by atoms with E-state index in [9.17, 15) is 4.79 Å². The number of imidazole rings is 1. The van der Waals surface area contributed by atoms with Crippen molar-refractivity contribution in [2.75, 3.05) is 7.11 Å². The number of benzene rings is 2. The van der Waals surface area contributed by atoms with Crippen molar-refractivity contribution < 1.29 is 9.53 Å². The number of ether oxygens (including phenoxy) is 1. The molecule has 0 aliphatic heterocycles. The summed E-state index contributed by atoms with van der Waals surface area (Å²) >= 11 is 0. The molecular formula is C21H18N2O2. The largest absolute Gasteiger partial charge is 0.496 e. The molecule has 0 saturated carbocycles. The number of rotatable bonds is 4. The maximum absolute atomic E-state index is 11.3. The second-order valence-electron chi connectivity index (χ2n) is 5.98. The number of nitrogens with zero attached hydrogens (tertiary/aromatic N) is 2. The Hall–Kier alpha value is -3.14. The molecule has 0 aliphatic carbocycles. The zero-order valence-electron chi connectivity index (χ0n) is 14.2. The maximum atomic E-state index is 11.3. The summed E-state index contributed by atoms with van der Waals surface area (Å²) in [7, 11) is 1.68. The number of hydrogen-bond donors (Lipinski definition) is 0. The fourth-order valence-electron chi connectivity index (χ4n) is 3.23. The van der Waals surface area contributed by atoms with E-state index in [4.69, 9.17) is 9.72 Å². The lowest BCUT2D eigenvalue weighted by molar-refractivity contribution is 0.112. The minimum atomic E-state index is 0.635. The van der Waals surface area contributed by atoms with E-state index in [0.717, 1.165) is 46.3 Å². The van der Waals surface area contributed by atoms with Crippen LogP contribution < -0.4 is 4.74 Å². The summed E-state index contributed by atoms with van der Waals surface area (Å²) in [6.07, 6.45) is 3.82. The third-order valence-corrected chi connectivity index (χ3v) is 4.57. The van der Waals surface area contributed by atoms with Crippen molar-refractivity contribution in [3.8, 4) is 17.0 Å². The molecule has 4 nitrogen and oxygen atoms in total. The molecule has 2 heterocycles. The highest BCUT2D eigenvalue weighted by Gasteiger charge is 2.13. The number of aldehydes is 1. The summed E-state index contributed by atoms with van der Waals surface area (Å²) in [4.78, 5) is 16.1. The summed E-state index contributed by atoms with van der Waals surface area (Å²) in [6, 6.07) is 15.8. The van der Waals surface area contributed by atoms with Gasteiger partial charge in [-0.1, -0.05) is 37.3 Å². The third-order valence-electron chi connectivity index (χ3n) is 4.57. The van der Waals surface area contributed by atoms with E-state index in [1.165, 1.54) is 5.56 Å². The van der Waals surface area contributed by atoms with E-state index >= 15 is 0 Å². The summed E-state index contributed by atoms with van der Waals surface area (Å²) < 4.78 is 7.64. The predicted octanol–water partition coefficient (Wildman–Crippen LogP) is 4.54. The molecule has 0 amide bonds. The normalized spacial score (nSPS) is 11.1. The van der Waals surface area contributed by atoms with Gasteiger partial charge in [0.25, 0.3) is 0 Å². The predicted molar refractivity (Wildman–Crippen MR) is 99.5 cm³/mol. The molecule has 0 spiro atoms. The van der Waals surface area contributed by atoms with Crippen LogP contribution in [0.25, 0.3) is 27.8 Å². The zero-order chi connectivity index (χ0) is 17.4. The number of fused-ring (bicyclic) bond motifs is 3. The van der Waals surface area contributed by atoms with E-state index in [2.05, 4.69) is 25.1 Å². The lowest BCUT2D eigenvalue weighted by Crippen LogP contribution is -1.93. The van der Waals surface area contributed by atoms with Crippen LogP contribution in [-0.4, -0.2) is 22.8 Å². The van der Waals surface area contributed by atoms with Gasteiger partial charge < -0.3 is 4.74 Å². The first kappa shape index (κ1) is 15.4. The molecule has 2 aromatic carbocycles. The van der Waals surface area contributed by atoms with Crippen LogP contribution in [0.2, 0.25) is 0 Å². The molecule has 4 aromatic rings. The van der Waals surface area contributed by atoms with Crippen LogP contribution in [0.15, 0.2) is 54.7 Å². The Labute approximate surface area is 145 Å². The van der Waals surface area contributed by atoms with Gasteiger partial charge in [-0.25, -0.2) is 4.98 Å². The maximum Gasteiger partial charge on any atom is 0.150 e. The first-order chi connectivity index (χ1) is 12.2. The van der Waals surface area contributed by atoms with E-state index < -0.39 is 0 Å². The van der Waals surface area contributed by atoms with Gasteiger partial charge in [0.1, 0.15) is 11.4 Å². The Morgan fingerprint density at radius 1 is 1.16 bits per heavy atom. The Morgan fingerprint density at radius 2 is 2.00 bits per heavy atom. The molecule has 0 fully saturated rings. The first-order valence-corrected chi connectivity index (χ1v) is 8.28. The highest BCUT2D eigenvalue weighted by atomic mass is 16.5. The Bertz CT molecular complexity index is 1100. The standard InChI is InChI=1S/C21H18N2O2/c1-3-14-8-9-19-17(10-14)20(25-2)11-21-22-18(12-23(19)21)16-7-5-4-6-15(16)13-24/h4-13H,3H2,1-2H3. The van der Waals surface area contributed by atoms with Gasteiger partial charge in [0.2, 0.25) is 0 Å². The van der Waals surface area contributed by atoms with Gasteiger partial charge in [-0.3, -0.25) is 9.20 Å². The van der Waals surface area contributed by atoms with Gasteiger partial charge in [-0.2, -0.15) is 0 Å². The van der Waals surface area contributed by atoms with E-state index in [0.29, 0.717) is 5.56 Å². The molecule has 0 radical (unpaired) electrons. The summed E-state index contributed by atoms with van der Waals surface area (Å²) in [6.45, 7) is 2.14. The molecule has 25 heavy (non-hydrogen) atoms. The lowest BCUT2D eigenvalue weighted by Gasteiger charge is -2.09. The Kier molecular flexibility index (Phi) is 3.73. The van der Waals surface area contributed by atoms with Crippen molar-refractivity contribution in [3.63, 3.8) is 0 Å². The first-order valence-electron chi connectivity index (χ1n) is 8.28. The number of aromatic nitrogens is 2. The highest BCUT2D eigenvalue weighted by molar-refractivity contribution is 5.91. The van der Waals surface area contributed by atoms with Crippen molar-refractivity contribution in [2.45, 2.75) is 13.3 Å². The average Bonchev–Trinajstić information content (AvgIpc) is 3.10. The van der Waals surface area contributed by atoms with Gasteiger partial charge in [0, 0.05) is 28.8 Å². The molecule has 0 aliphatic rings. The smallest absolute Gasteiger partial charge is 0.150 e. The topological polar surface area (TPSA) is 43.6 Å². The van der Waals surface area contributed by atoms with Gasteiger partial charge in [0.15, 0.2) is 6.29 Å². The minimum absolute atomic E-state index is 0.635. The van der Waals surface area contributed by atoms with Crippen molar-refractivity contribution in [1.29, 1.82) is 0 Å². The Morgan fingerprint density at radius 3 is 2.76 bits per heavy atom. The van der Waals surface area contributed by atoms with Gasteiger partial charge in [0.05, 0.1) is 18.3 Å². The van der Waals surface area contributed by atoms with Gasteiger partial charge in [-0.05, 0) is 24.1 Å². The van der Waals surface area contributed by atoms with Crippen LogP contribution in [0.5, 0.6) is 5.75 Å². The molecular weight excluding hydrogens is 312 g/mol. The van der Waals surface area contributed by atoms with Crippen LogP contribution in [0, 0.1) is 0 Å². The SMILES string of the molecule is CCc1ccc2c(c1)c(OC)cc1nc(-c3ccccc3C=O)cn12. The second-order valence-corrected chi connectivity index (χ2v) is 5.98. The van der Waals surface area contributed by atoms with Crippen LogP contribution >= 0.6 is 0 Å². The monoisotopic (exact) mass is 330 g/mol. The van der Waals surface area contributed by atoms with Crippen LogP contribution in [0.4, 0.5) is 0 Å².